The number of halogens is 6. The van der Waals surface area contributed by atoms with Crippen molar-refractivity contribution in [2.75, 3.05) is 0 Å². The first-order valence-electron chi connectivity index (χ1n) is 4.13. The Hall–Kier alpha value is -0.520. The second kappa shape index (κ2) is 4.77. The molecular formula is C9H7Cl2F4N. The maximum Gasteiger partial charge on any atom is 0.326 e. The highest BCUT2D eigenvalue weighted by Crippen LogP contribution is 2.38. The molecule has 0 radical (unpaired) electrons. The fraction of sp³-hybridized carbons (Fsp3) is 0.333. The zero-order valence-electron chi connectivity index (χ0n) is 7.73. The molecule has 0 bridgehead atoms. The normalized spacial score (nSPS) is 14.2. The third-order valence-corrected chi connectivity index (χ3v) is 2.58. The Labute approximate surface area is 99.1 Å². The Morgan fingerprint density at radius 1 is 1.19 bits per heavy atom. The topological polar surface area (TPSA) is 26.0 Å². The van der Waals surface area contributed by atoms with Crippen LogP contribution in [0, 0.1) is 0 Å². The molecule has 1 unspecified atom stereocenters. The van der Waals surface area contributed by atoms with E-state index in [4.69, 9.17) is 28.9 Å². The fourth-order valence-electron chi connectivity index (χ4n) is 1.10. The zero-order valence-corrected chi connectivity index (χ0v) is 9.24. The van der Waals surface area contributed by atoms with Crippen molar-refractivity contribution in [3.05, 3.63) is 33.8 Å². The van der Waals surface area contributed by atoms with E-state index in [2.05, 4.69) is 0 Å². The monoisotopic (exact) mass is 275 g/mol. The van der Waals surface area contributed by atoms with Gasteiger partial charge in [0.15, 0.2) is 0 Å². The summed E-state index contributed by atoms with van der Waals surface area (Å²) in [6.07, 6.45) is -3.86. The molecule has 0 aliphatic rings. The smallest absolute Gasteiger partial charge is 0.319 e. The van der Waals surface area contributed by atoms with Crippen LogP contribution in [0.4, 0.5) is 17.6 Å². The molecule has 1 atom stereocenters. The minimum absolute atomic E-state index is 0.0971. The van der Waals surface area contributed by atoms with E-state index in [-0.39, 0.29) is 15.6 Å². The summed E-state index contributed by atoms with van der Waals surface area (Å²) < 4.78 is 50.1. The molecule has 0 spiro atoms. The number of nitrogens with two attached hydrogens (primary N) is 1. The Bertz CT molecular complexity index is 384. The minimum Gasteiger partial charge on any atom is -0.319 e. The molecule has 7 heteroatoms. The van der Waals surface area contributed by atoms with Crippen molar-refractivity contribution in [1.82, 2.24) is 0 Å². The van der Waals surface area contributed by atoms with Crippen LogP contribution < -0.4 is 5.73 Å². The molecule has 1 aromatic rings. The maximum absolute atomic E-state index is 13.0. The van der Waals surface area contributed by atoms with Crippen LogP contribution in [0.15, 0.2) is 18.2 Å². The van der Waals surface area contributed by atoms with E-state index in [1.165, 1.54) is 12.1 Å². The summed E-state index contributed by atoms with van der Waals surface area (Å²) in [5.41, 5.74) is 4.76. The first kappa shape index (κ1) is 13.5. The second-order valence-corrected chi connectivity index (χ2v) is 3.96. The second-order valence-electron chi connectivity index (χ2n) is 3.12. The van der Waals surface area contributed by atoms with Crippen molar-refractivity contribution >= 4 is 23.2 Å². The van der Waals surface area contributed by atoms with E-state index in [0.29, 0.717) is 0 Å². The van der Waals surface area contributed by atoms with Gasteiger partial charge in [0, 0.05) is 10.0 Å². The summed E-state index contributed by atoms with van der Waals surface area (Å²) in [5.74, 6) is -4.35. The zero-order chi connectivity index (χ0) is 12.5. The van der Waals surface area contributed by atoms with Gasteiger partial charge in [0.05, 0.1) is 0 Å². The Balaban J connectivity index is 3.14. The summed E-state index contributed by atoms with van der Waals surface area (Å²) >= 11 is 11.1. The van der Waals surface area contributed by atoms with Crippen LogP contribution in [0.3, 0.4) is 0 Å². The lowest BCUT2D eigenvalue weighted by atomic mass is 10.0. The molecule has 0 aliphatic heterocycles. The van der Waals surface area contributed by atoms with Gasteiger partial charge in [0.1, 0.15) is 6.04 Å². The summed E-state index contributed by atoms with van der Waals surface area (Å²) in [5, 5.41) is -0.0304. The van der Waals surface area contributed by atoms with Crippen molar-refractivity contribution in [1.29, 1.82) is 0 Å². The van der Waals surface area contributed by atoms with Crippen molar-refractivity contribution in [3.8, 4) is 0 Å². The average Bonchev–Trinajstić information content (AvgIpc) is 2.20. The molecule has 1 rings (SSSR count). The largest absolute Gasteiger partial charge is 0.326 e. The van der Waals surface area contributed by atoms with Crippen molar-refractivity contribution in [3.63, 3.8) is 0 Å². The third-order valence-electron chi connectivity index (χ3n) is 2.00. The average molecular weight is 276 g/mol. The van der Waals surface area contributed by atoms with Gasteiger partial charge < -0.3 is 5.73 Å². The molecule has 0 heterocycles. The van der Waals surface area contributed by atoms with Crippen LogP contribution >= 0.6 is 23.2 Å². The molecule has 0 aromatic heterocycles. The van der Waals surface area contributed by atoms with E-state index in [1.54, 1.807) is 0 Å². The lowest BCUT2D eigenvalue weighted by Crippen LogP contribution is -2.39. The van der Waals surface area contributed by atoms with Gasteiger partial charge in [-0.3, -0.25) is 0 Å². The summed E-state index contributed by atoms with van der Waals surface area (Å²) in [4.78, 5) is 0. The van der Waals surface area contributed by atoms with Gasteiger partial charge in [0.25, 0.3) is 0 Å². The lowest BCUT2D eigenvalue weighted by Gasteiger charge is -2.23. The number of alkyl halides is 4. The van der Waals surface area contributed by atoms with Crippen LogP contribution in [0.2, 0.25) is 10.0 Å². The summed E-state index contributed by atoms with van der Waals surface area (Å²) in [6, 6.07) is 1.42. The maximum atomic E-state index is 13.0. The molecule has 2 N–H and O–H groups in total. The van der Waals surface area contributed by atoms with Gasteiger partial charge in [-0.05, 0) is 23.8 Å². The van der Waals surface area contributed by atoms with Crippen LogP contribution in [0.25, 0.3) is 0 Å². The molecule has 0 saturated heterocycles. The molecule has 1 nitrogen and oxygen atoms in total. The van der Waals surface area contributed by atoms with Gasteiger partial charge in [0.2, 0.25) is 0 Å². The highest BCUT2D eigenvalue weighted by molar-refractivity contribution is 6.33. The molecule has 0 fully saturated rings. The predicted octanol–water partition coefficient (Wildman–Crippen LogP) is 3.89. The molecule has 0 saturated carbocycles. The SMILES string of the molecule is NC(c1cc(Cl)ccc1Cl)C(F)(F)C(F)F. The van der Waals surface area contributed by atoms with Gasteiger partial charge in [-0.15, -0.1) is 0 Å². The molecule has 0 aliphatic carbocycles. The highest BCUT2D eigenvalue weighted by atomic mass is 35.5. The summed E-state index contributed by atoms with van der Waals surface area (Å²) in [6.45, 7) is 0. The first-order valence-corrected chi connectivity index (χ1v) is 4.89. The van der Waals surface area contributed by atoms with Gasteiger partial charge in [-0.25, -0.2) is 8.78 Å². The predicted molar refractivity (Wildman–Crippen MR) is 54.3 cm³/mol. The fourth-order valence-corrected chi connectivity index (χ4v) is 1.51. The quantitative estimate of drug-likeness (QED) is 0.832. The summed E-state index contributed by atoms with van der Waals surface area (Å²) in [7, 11) is 0. The van der Waals surface area contributed by atoms with E-state index in [9.17, 15) is 17.6 Å². The van der Waals surface area contributed by atoms with Crippen molar-refractivity contribution in [2.24, 2.45) is 5.73 Å². The third kappa shape index (κ3) is 2.59. The van der Waals surface area contributed by atoms with Crippen LogP contribution in [-0.2, 0) is 0 Å². The Morgan fingerprint density at radius 2 is 1.75 bits per heavy atom. The lowest BCUT2D eigenvalue weighted by molar-refractivity contribution is -0.144. The number of benzene rings is 1. The van der Waals surface area contributed by atoms with Crippen LogP contribution in [-0.4, -0.2) is 12.3 Å². The molecule has 90 valence electrons. The molecule has 1 aromatic carbocycles. The van der Waals surface area contributed by atoms with E-state index < -0.39 is 18.4 Å². The standard InChI is InChI=1S/C9H7Cl2F4N/c10-4-1-2-6(11)5(3-4)7(16)9(14,15)8(12)13/h1-3,7-8H,16H2. The molecule has 16 heavy (non-hydrogen) atoms. The van der Waals surface area contributed by atoms with Crippen LogP contribution in [0.5, 0.6) is 0 Å². The van der Waals surface area contributed by atoms with Crippen molar-refractivity contribution in [2.45, 2.75) is 18.4 Å². The van der Waals surface area contributed by atoms with Crippen LogP contribution in [0.1, 0.15) is 11.6 Å². The minimum atomic E-state index is -4.35. The van der Waals surface area contributed by atoms with E-state index in [1.807, 2.05) is 0 Å². The van der Waals surface area contributed by atoms with E-state index >= 15 is 0 Å². The van der Waals surface area contributed by atoms with E-state index in [0.717, 1.165) is 6.07 Å². The molecular weight excluding hydrogens is 269 g/mol. The Kier molecular flexibility index (Phi) is 4.04. The van der Waals surface area contributed by atoms with Crippen molar-refractivity contribution < 1.29 is 17.6 Å². The van der Waals surface area contributed by atoms with Gasteiger partial charge in [-0.1, -0.05) is 23.2 Å². The highest BCUT2D eigenvalue weighted by Gasteiger charge is 2.48. The first-order chi connectivity index (χ1) is 7.26. The Morgan fingerprint density at radius 3 is 2.25 bits per heavy atom. The number of hydrogen-bond donors (Lipinski definition) is 1. The number of rotatable bonds is 3. The van der Waals surface area contributed by atoms with Gasteiger partial charge in [-0.2, -0.15) is 8.78 Å². The molecule has 0 amide bonds. The number of hydrogen-bond acceptors (Lipinski definition) is 1. The van der Waals surface area contributed by atoms with Gasteiger partial charge >= 0.3 is 12.3 Å².